The van der Waals surface area contributed by atoms with Gasteiger partial charge in [0.25, 0.3) is 0 Å². The van der Waals surface area contributed by atoms with E-state index in [1.165, 1.54) is 0 Å². The van der Waals surface area contributed by atoms with E-state index in [-0.39, 0.29) is 11.8 Å². The number of rotatable bonds is 11. The standard InChI is InChI=1S/C20H22Br2N2O2S2/c21-17-5-1-15(2-6-17)13-23-19(25)9-11-27-28-12-10-20(26)24-14-16-3-7-18(22)8-4-16/h1-8H,9-14H2,(H,23,25)(H,24,26). The smallest absolute Gasteiger partial charge is 0.221 e. The maximum Gasteiger partial charge on any atom is 0.221 e. The SMILES string of the molecule is O=C(CCSSCCC(=O)NCc1ccc(Br)cc1)NCc1ccc(Br)cc1. The third-order valence-corrected chi connectivity index (χ3v) is 7.18. The summed E-state index contributed by atoms with van der Waals surface area (Å²) in [5.41, 5.74) is 2.15. The molecule has 150 valence electrons. The second-order valence-corrected chi connectivity index (χ2v) is 10.5. The van der Waals surface area contributed by atoms with Crippen molar-refractivity contribution in [3.63, 3.8) is 0 Å². The van der Waals surface area contributed by atoms with Crippen LogP contribution in [0.3, 0.4) is 0 Å². The minimum absolute atomic E-state index is 0.0447. The summed E-state index contributed by atoms with van der Waals surface area (Å²) >= 11 is 6.78. The van der Waals surface area contributed by atoms with Gasteiger partial charge in [0, 0.05) is 46.4 Å². The minimum atomic E-state index is 0.0447. The molecule has 0 saturated carbocycles. The van der Waals surface area contributed by atoms with E-state index >= 15 is 0 Å². The van der Waals surface area contributed by atoms with Gasteiger partial charge >= 0.3 is 0 Å². The second kappa shape index (κ2) is 13.3. The Bertz CT molecular complexity index is 690. The van der Waals surface area contributed by atoms with Crippen molar-refractivity contribution in [2.24, 2.45) is 0 Å². The number of halogens is 2. The van der Waals surface area contributed by atoms with Crippen LogP contribution >= 0.6 is 53.4 Å². The monoisotopic (exact) mass is 544 g/mol. The van der Waals surface area contributed by atoms with Crippen molar-refractivity contribution in [2.75, 3.05) is 11.5 Å². The zero-order chi connectivity index (χ0) is 20.2. The molecule has 0 atom stereocenters. The summed E-state index contributed by atoms with van der Waals surface area (Å²) in [5.74, 6) is 1.56. The van der Waals surface area contributed by atoms with Crippen LogP contribution in [0.5, 0.6) is 0 Å². The van der Waals surface area contributed by atoms with Gasteiger partial charge in [-0.15, -0.1) is 0 Å². The number of carbonyl (C=O) groups excluding carboxylic acids is 2. The molecular formula is C20H22Br2N2O2S2. The Kier molecular flexibility index (Phi) is 11.1. The predicted octanol–water partition coefficient (Wildman–Crippen LogP) is 5.31. The number of amides is 2. The fourth-order valence-electron chi connectivity index (χ4n) is 2.17. The van der Waals surface area contributed by atoms with Gasteiger partial charge in [0.05, 0.1) is 0 Å². The predicted molar refractivity (Wildman–Crippen MR) is 126 cm³/mol. The Morgan fingerprint density at radius 1 is 0.679 bits per heavy atom. The molecule has 0 bridgehead atoms. The average Bonchev–Trinajstić information content (AvgIpc) is 2.69. The minimum Gasteiger partial charge on any atom is -0.352 e. The van der Waals surface area contributed by atoms with Crippen LogP contribution < -0.4 is 10.6 Å². The Morgan fingerprint density at radius 2 is 1.04 bits per heavy atom. The molecule has 0 fully saturated rings. The van der Waals surface area contributed by atoms with Gasteiger partial charge in [-0.1, -0.05) is 77.7 Å². The summed E-state index contributed by atoms with van der Waals surface area (Å²) in [6.07, 6.45) is 0.952. The van der Waals surface area contributed by atoms with Crippen molar-refractivity contribution >= 4 is 65.3 Å². The Morgan fingerprint density at radius 3 is 1.39 bits per heavy atom. The molecule has 0 spiro atoms. The third kappa shape index (κ3) is 10.0. The molecule has 0 unspecified atom stereocenters. The molecule has 0 heterocycles. The van der Waals surface area contributed by atoms with Crippen LogP contribution in [0.4, 0.5) is 0 Å². The molecule has 0 aliphatic heterocycles. The molecule has 2 rings (SSSR count). The summed E-state index contributed by atoms with van der Waals surface area (Å²) in [4.78, 5) is 23.7. The lowest BCUT2D eigenvalue weighted by atomic mass is 10.2. The van der Waals surface area contributed by atoms with Crippen LogP contribution in [0.15, 0.2) is 57.5 Å². The van der Waals surface area contributed by atoms with Crippen LogP contribution in [0.2, 0.25) is 0 Å². The lowest BCUT2D eigenvalue weighted by Crippen LogP contribution is -2.23. The topological polar surface area (TPSA) is 58.2 Å². The highest BCUT2D eigenvalue weighted by atomic mass is 79.9. The summed E-state index contributed by atoms with van der Waals surface area (Å²) in [7, 11) is 3.26. The van der Waals surface area contributed by atoms with Gasteiger partial charge in [-0.2, -0.15) is 0 Å². The van der Waals surface area contributed by atoms with Gasteiger partial charge in [-0.25, -0.2) is 0 Å². The fraction of sp³-hybridized carbons (Fsp3) is 0.300. The highest BCUT2D eigenvalue weighted by molar-refractivity contribution is 9.10. The Balaban J connectivity index is 1.47. The third-order valence-electron chi connectivity index (χ3n) is 3.71. The Hall–Kier alpha value is -0.960. The van der Waals surface area contributed by atoms with Crippen molar-refractivity contribution in [2.45, 2.75) is 25.9 Å². The zero-order valence-electron chi connectivity index (χ0n) is 15.3. The lowest BCUT2D eigenvalue weighted by molar-refractivity contribution is -0.121. The van der Waals surface area contributed by atoms with Gasteiger partial charge in [0.1, 0.15) is 0 Å². The van der Waals surface area contributed by atoms with Gasteiger partial charge in [0.15, 0.2) is 0 Å². The number of carbonyl (C=O) groups is 2. The van der Waals surface area contributed by atoms with Gasteiger partial charge in [-0.3, -0.25) is 9.59 Å². The molecule has 0 saturated heterocycles. The van der Waals surface area contributed by atoms with E-state index < -0.39 is 0 Å². The Labute approximate surface area is 190 Å². The van der Waals surface area contributed by atoms with Crippen LogP contribution in [-0.2, 0) is 22.7 Å². The normalized spacial score (nSPS) is 10.5. The molecule has 0 aromatic heterocycles. The molecule has 2 aromatic rings. The van der Waals surface area contributed by atoms with Crippen molar-refractivity contribution in [3.05, 3.63) is 68.6 Å². The fourth-order valence-corrected chi connectivity index (χ4v) is 4.68. The number of hydrogen-bond acceptors (Lipinski definition) is 4. The molecule has 2 aromatic carbocycles. The first-order valence-electron chi connectivity index (χ1n) is 8.79. The molecular weight excluding hydrogens is 524 g/mol. The molecule has 0 radical (unpaired) electrons. The number of hydrogen-bond donors (Lipinski definition) is 2. The van der Waals surface area contributed by atoms with E-state index in [9.17, 15) is 9.59 Å². The van der Waals surface area contributed by atoms with Crippen molar-refractivity contribution < 1.29 is 9.59 Å². The van der Waals surface area contributed by atoms with Crippen molar-refractivity contribution in [1.82, 2.24) is 10.6 Å². The van der Waals surface area contributed by atoms with E-state index in [0.717, 1.165) is 31.6 Å². The first-order chi connectivity index (χ1) is 13.5. The number of nitrogens with one attached hydrogen (secondary N) is 2. The maximum atomic E-state index is 11.9. The van der Waals surface area contributed by atoms with E-state index in [1.54, 1.807) is 21.6 Å². The molecule has 2 N–H and O–H groups in total. The van der Waals surface area contributed by atoms with Gasteiger partial charge in [-0.05, 0) is 35.4 Å². The molecule has 0 aliphatic rings. The van der Waals surface area contributed by atoms with E-state index in [0.29, 0.717) is 25.9 Å². The van der Waals surface area contributed by atoms with E-state index in [2.05, 4.69) is 42.5 Å². The largest absolute Gasteiger partial charge is 0.352 e. The quantitative estimate of drug-likeness (QED) is 0.297. The summed E-state index contributed by atoms with van der Waals surface area (Å²) in [6.45, 7) is 1.09. The molecule has 4 nitrogen and oxygen atoms in total. The second-order valence-electron chi connectivity index (χ2n) is 5.95. The van der Waals surface area contributed by atoms with Gasteiger partial charge < -0.3 is 10.6 Å². The van der Waals surface area contributed by atoms with Crippen molar-refractivity contribution in [3.8, 4) is 0 Å². The number of benzene rings is 2. The maximum absolute atomic E-state index is 11.9. The van der Waals surface area contributed by atoms with Crippen LogP contribution in [0.1, 0.15) is 24.0 Å². The van der Waals surface area contributed by atoms with Gasteiger partial charge in [0.2, 0.25) is 11.8 Å². The van der Waals surface area contributed by atoms with Crippen molar-refractivity contribution in [1.29, 1.82) is 0 Å². The summed E-state index contributed by atoms with van der Waals surface area (Å²) < 4.78 is 2.05. The van der Waals surface area contributed by atoms with E-state index in [1.807, 2.05) is 48.5 Å². The first kappa shape index (κ1) is 23.3. The van der Waals surface area contributed by atoms with Crippen LogP contribution in [0, 0.1) is 0 Å². The average molecular weight is 546 g/mol. The highest BCUT2D eigenvalue weighted by Gasteiger charge is 2.04. The highest BCUT2D eigenvalue weighted by Crippen LogP contribution is 2.22. The van der Waals surface area contributed by atoms with Crippen LogP contribution in [-0.4, -0.2) is 23.3 Å². The zero-order valence-corrected chi connectivity index (χ0v) is 20.1. The van der Waals surface area contributed by atoms with Crippen LogP contribution in [0.25, 0.3) is 0 Å². The molecule has 2 amide bonds. The first-order valence-corrected chi connectivity index (χ1v) is 12.9. The lowest BCUT2D eigenvalue weighted by Gasteiger charge is -2.06. The summed E-state index contributed by atoms with van der Waals surface area (Å²) in [5, 5.41) is 5.84. The summed E-state index contributed by atoms with van der Waals surface area (Å²) in [6, 6.07) is 15.8. The van der Waals surface area contributed by atoms with E-state index in [4.69, 9.17) is 0 Å². The molecule has 8 heteroatoms. The molecule has 28 heavy (non-hydrogen) atoms. The molecule has 0 aliphatic carbocycles.